The van der Waals surface area contributed by atoms with Gasteiger partial charge in [-0.3, -0.25) is 0 Å². The Morgan fingerprint density at radius 1 is 1.50 bits per heavy atom. The monoisotopic (exact) mass is 348 g/mol. The highest BCUT2D eigenvalue weighted by Crippen LogP contribution is 2.29. The van der Waals surface area contributed by atoms with Crippen LogP contribution in [0.15, 0.2) is 17.0 Å². The lowest BCUT2D eigenvalue weighted by molar-refractivity contribution is 0.00998. The Bertz CT molecular complexity index is 664. The average molecular weight is 349 g/mol. The lowest BCUT2D eigenvalue weighted by Crippen LogP contribution is -2.15. The second-order valence-corrected chi connectivity index (χ2v) is 7.49. The van der Waals surface area contributed by atoms with Crippen molar-refractivity contribution in [2.45, 2.75) is 30.4 Å². The Morgan fingerprint density at radius 2 is 2.23 bits per heavy atom. The van der Waals surface area contributed by atoms with Gasteiger partial charge in [0.2, 0.25) is 0 Å². The number of carbonyl (C=O) groups is 1. The molecule has 22 heavy (non-hydrogen) atoms. The van der Waals surface area contributed by atoms with Gasteiger partial charge in [-0.15, -0.1) is 0 Å². The van der Waals surface area contributed by atoms with E-state index in [0.29, 0.717) is 13.2 Å². The molecule has 1 aliphatic heterocycles. The van der Waals surface area contributed by atoms with Gasteiger partial charge in [0.25, 0.3) is 0 Å². The van der Waals surface area contributed by atoms with E-state index >= 15 is 0 Å². The molecule has 6 nitrogen and oxygen atoms in total. The molecule has 0 amide bonds. The summed E-state index contributed by atoms with van der Waals surface area (Å²) in [5.74, 6) is -1.22. The summed E-state index contributed by atoms with van der Waals surface area (Å²) in [5, 5.41) is 8.98. The highest BCUT2D eigenvalue weighted by Gasteiger charge is 2.22. The van der Waals surface area contributed by atoms with Crippen molar-refractivity contribution in [1.29, 1.82) is 0 Å². The Labute approximate surface area is 133 Å². The van der Waals surface area contributed by atoms with Crippen molar-refractivity contribution in [2.75, 3.05) is 19.5 Å². The first-order valence-electron chi connectivity index (χ1n) is 6.74. The van der Waals surface area contributed by atoms with Crippen LogP contribution in [0.4, 0.5) is 0 Å². The van der Waals surface area contributed by atoms with E-state index in [-0.39, 0.29) is 33.8 Å². The molecule has 0 aromatic heterocycles. The van der Waals surface area contributed by atoms with Crippen molar-refractivity contribution in [3.63, 3.8) is 0 Å². The number of ether oxygens (including phenoxy) is 2. The van der Waals surface area contributed by atoms with Gasteiger partial charge in [0.15, 0.2) is 9.84 Å². The normalized spacial score (nSPS) is 18.5. The zero-order valence-corrected chi connectivity index (χ0v) is 13.6. The highest BCUT2D eigenvalue weighted by molar-refractivity contribution is 7.90. The summed E-state index contributed by atoms with van der Waals surface area (Å²) in [6.07, 6.45) is 2.89. The van der Waals surface area contributed by atoms with Crippen LogP contribution in [-0.2, 0) is 25.9 Å². The summed E-state index contributed by atoms with van der Waals surface area (Å²) in [4.78, 5) is 11.1. The minimum Gasteiger partial charge on any atom is -0.478 e. The molecule has 0 radical (unpaired) electrons. The maximum absolute atomic E-state index is 11.8. The van der Waals surface area contributed by atoms with E-state index in [1.807, 2.05) is 0 Å². The number of halogens is 1. The van der Waals surface area contributed by atoms with Gasteiger partial charge < -0.3 is 14.6 Å². The van der Waals surface area contributed by atoms with Crippen LogP contribution in [0.1, 0.15) is 28.8 Å². The molecule has 1 atom stereocenters. The third kappa shape index (κ3) is 3.98. The number of carboxylic acids is 1. The maximum Gasteiger partial charge on any atom is 0.337 e. The van der Waals surface area contributed by atoms with Crippen LogP contribution in [0.5, 0.6) is 0 Å². The molecule has 0 aliphatic carbocycles. The molecule has 1 fully saturated rings. The summed E-state index contributed by atoms with van der Waals surface area (Å²) in [6.45, 7) is 0.927. The minimum atomic E-state index is -3.54. The van der Waals surface area contributed by atoms with Crippen LogP contribution in [0.3, 0.4) is 0 Å². The topological polar surface area (TPSA) is 89.9 Å². The molecule has 1 aromatic carbocycles. The number of aromatic carboxylic acids is 1. The first-order chi connectivity index (χ1) is 10.3. The van der Waals surface area contributed by atoms with Gasteiger partial charge in [0.05, 0.1) is 34.8 Å². The maximum atomic E-state index is 11.8. The molecule has 1 aromatic rings. The molecule has 1 saturated heterocycles. The summed E-state index contributed by atoms with van der Waals surface area (Å²) in [5.41, 5.74) is 0.0202. The average Bonchev–Trinajstić information content (AvgIpc) is 2.91. The lowest BCUT2D eigenvalue weighted by Gasteiger charge is -2.14. The van der Waals surface area contributed by atoms with Crippen LogP contribution >= 0.6 is 11.6 Å². The fourth-order valence-electron chi connectivity index (χ4n) is 2.32. The number of hydrogen-bond donors (Lipinski definition) is 1. The van der Waals surface area contributed by atoms with Crippen molar-refractivity contribution in [3.05, 3.63) is 28.3 Å². The number of benzene rings is 1. The molecule has 1 heterocycles. The Kier molecular flexibility index (Phi) is 5.44. The van der Waals surface area contributed by atoms with Gasteiger partial charge in [0.1, 0.15) is 0 Å². The minimum absolute atomic E-state index is 0.0110. The molecule has 0 spiro atoms. The second-order valence-electron chi connectivity index (χ2n) is 5.13. The van der Waals surface area contributed by atoms with Crippen LogP contribution in [-0.4, -0.2) is 45.1 Å². The van der Waals surface area contributed by atoms with Crippen molar-refractivity contribution >= 4 is 27.4 Å². The van der Waals surface area contributed by atoms with E-state index in [1.54, 1.807) is 0 Å². The molecular weight excluding hydrogens is 332 g/mol. The van der Waals surface area contributed by atoms with Gasteiger partial charge in [-0.2, -0.15) is 0 Å². The molecule has 0 unspecified atom stereocenters. The largest absolute Gasteiger partial charge is 0.478 e. The van der Waals surface area contributed by atoms with E-state index < -0.39 is 15.8 Å². The molecule has 122 valence electrons. The molecule has 1 N–H and O–H groups in total. The first kappa shape index (κ1) is 17.2. The molecule has 1 aliphatic rings. The number of carboxylic acid groups (broad SMARTS) is 1. The van der Waals surface area contributed by atoms with Gasteiger partial charge in [-0.05, 0) is 25.0 Å². The first-order valence-corrected chi connectivity index (χ1v) is 9.01. The Balaban J connectivity index is 2.25. The number of rotatable bonds is 6. The van der Waals surface area contributed by atoms with E-state index in [1.165, 1.54) is 12.1 Å². The molecular formula is C14H17ClO6S. The molecule has 0 saturated carbocycles. The Hall–Kier alpha value is -1.15. The standard InChI is InChI=1S/C14H17ClO6S/c1-22(18,19)12-5-4-10(14(16)17)13(15)11(12)8-20-7-9-3-2-6-21-9/h4-5,9H,2-3,6-8H2,1H3,(H,16,17)/t9-/m1/s1. The Morgan fingerprint density at radius 3 is 2.77 bits per heavy atom. The van der Waals surface area contributed by atoms with Crippen LogP contribution < -0.4 is 0 Å². The van der Waals surface area contributed by atoms with E-state index in [2.05, 4.69) is 0 Å². The van der Waals surface area contributed by atoms with Gasteiger partial charge in [-0.1, -0.05) is 11.6 Å². The fourth-order valence-corrected chi connectivity index (χ4v) is 3.60. The summed E-state index contributed by atoms with van der Waals surface area (Å²) >= 11 is 6.05. The smallest absolute Gasteiger partial charge is 0.337 e. The lowest BCUT2D eigenvalue weighted by atomic mass is 10.1. The summed E-state index contributed by atoms with van der Waals surface area (Å²) < 4.78 is 34.5. The number of sulfone groups is 1. The highest BCUT2D eigenvalue weighted by atomic mass is 35.5. The van der Waals surface area contributed by atoms with Crippen LogP contribution in [0.25, 0.3) is 0 Å². The zero-order chi connectivity index (χ0) is 16.3. The van der Waals surface area contributed by atoms with Crippen molar-refractivity contribution in [3.8, 4) is 0 Å². The summed E-state index contributed by atoms with van der Waals surface area (Å²) in [7, 11) is -3.54. The van der Waals surface area contributed by atoms with Crippen LogP contribution in [0.2, 0.25) is 5.02 Å². The predicted octanol–water partition coefficient (Wildman–Crippen LogP) is 2.14. The second kappa shape index (κ2) is 6.95. The van der Waals surface area contributed by atoms with E-state index in [4.69, 9.17) is 26.2 Å². The van der Waals surface area contributed by atoms with Crippen molar-refractivity contribution in [2.24, 2.45) is 0 Å². The van der Waals surface area contributed by atoms with Gasteiger partial charge in [0, 0.05) is 18.4 Å². The zero-order valence-electron chi connectivity index (χ0n) is 12.0. The molecule has 8 heteroatoms. The molecule has 2 rings (SSSR count). The van der Waals surface area contributed by atoms with Crippen molar-refractivity contribution < 1.29 is 27.8 Å². The summed E-state index contributed by atoms with van der Waals surface area (Å²) in [6, 6.07) is 2.43. The van der Waals surface area contributed by atoms with Crippen molar-refractivity contribution in [1.82, 2.24) is 0 Å². The fraction of sp³-hybridized carbons (Fsp3) is 0.500. The van der Waals surface area contributed by atoms with Gasteiger partial charge in [-0.25, -0.2) is 13.2 Å². The molecule has 0 bridgehead atoms. The van der Waals surface area contributed by atoms with E-state index in [9.17, 15) is 13.2 Å². The predicted molar refractivity (Wildman–Crippen MR) is 80.2 cm³/mol. The SMILES string of the molecule is CS(=O)(=O)c1ccc(C(=O)O)c(Cl)c1COC[C@H]1CCCO1. The van der Waals surface area contributed by atoms with Crippen LogP contribution in [0, 0.1) is 0 Å². The number of hydrogen-bond acceptors (Lipinski definition) is 5. The third-order valence-electron chi connectivity index (χ3n) is 3.40. The quantitative estimate of drug-likeness (QED) is 0.847. The third-order valence-corrected chi connectivity index (χ3v) is 5.02. The van der Waals surface area contributed by atoms with E-state index in [0.717, 1.165) is 19.1 Å². The van der Waals surface area contributed by atoms with Gasteiger partial charge >= 0.3 is 5.97 Å².